The van der Waals surface area contributed by atoms with Crippen LogP contribution < -0.4 is 0 Å². The number of hydrogen-bond donors (Lipinski definition) is 0. The number of pyridine rings is 1. The van der Waals surface area contributed by atoms with E-state index in [2.05, 4.69) is 4.98 Å². The Morgan fingerprint density at radius 2 is 1.27 bits per heavy atom. The van der Waals surface area contributed by atoms with Crippen LogP contribution in [0.15, 0.2) is 30.5 Å². The van der Waals surface area contributed by atoms with Gasteiger partial charge in [-0.05, 0) is 18.2 Å². The average Bonchev–Trinajstić information content (AvgIpc) is 2.51. The molecule has 0 atom stereocenters. The molecular formula is C15H7ClF9N. The lowest BCUT2D eigenvalue weighted by Gasteiger charge is -2.21. The van der Waals surface area contributed by atoms with Gasteiger partial charge in [0.05, 0.1) is 28.3 Å². The molecule has 0 fully saturated rings. The van der Waals surface area contributed by atoms with Gasteiger partial charge in [0.15, 0.2) is 0 Å². The van der Waals surface area contributed by atoms with Gasteiger partial charge in [0.25, 0.3) is 0 Å². The SMILES string of the molecule is FC(F)(F)c1cc(C(F)(F)F)c(-c2ccc(CCl)nc2)c(C(F)(F)F)c1. The van der Waals surface area contributed by atoms with Crippen molar-refractivity contribution in [2.24, 2.45) is 0 Å². The van der Waals surface area contributed by atoms with Crippen LogP contribution in [0.5, 0.6) is 0 Å². The van der Waals surface area contributed by atoms with E-state index in [1.165, 1.54) is 0 Å². The van der Waals surface area contributed by atoms with Gasteiger partial charge in [0.2, 0.25) is 0 Å². The number of alkyl halides is 10. The molecule has 2 aromatic rings. The summed E-state index contributed by atoms with van der Waals surface area (Å²) in [5.41, 5.74) is -8.05. The highest BCUT2D eigenvalue weighted by atomic mass is 35.5. The van der Waals surface area contributed by atoms with Crippen molar-refractivity contribution in [2.75, 3.05) is 0 Å². The molecule has 0 spiro atoms. The molecule has 0 aliphatic heterocycles. The number of hydrogen-bond acceptors (Lipinski definition) is 1. The van der Waals surface area contributed by atoms with Gasteiger partial charge in [0.1, 0.15) is 0 Å². The zero-order valence-electron chi connectivity index (χ0n) is 12.3. The van der Waals surface area contributed by atoms with Gasteiger partial charge >= 0.3 is 18.5 Å². The molecule has 11 heteroatoms. The fourth-order valence-corrected chi connectivity index (χ4v) is 2.37. The van der Waals surface area contributed by atoms with E-state index in [1.807, 2.05) is 0 Å². The lowest BCUT2D eigenvalue weighted by molar-refractivity contribution is -0.147. The van der Waals surface area contributed by atoms with Crippen LogP contribution in [-0.2, 0) is 24.4 Å². The van der Waals surface area contributed by atoms with Gasteiger partial charge in [-0.3, -0.25) is 4.98 Å². The Hall–Kier alpha value is -1.97. The molecule has 1 aromatic carbocycles. The van der Waals surface area contributed by atoms with E-state index in [0.717, 1.165) is 12.1 Å². The van der Waals surface area contributed by atoms with Crippen molar-refractivity contribution in [1.29, 1.82) is 0 Å². The van der Waals surface area contributed by atoms with Crippen LogP contribution in [0.1, 0.15) is 22.4 Å². The first-order valence-electron chi connectivity index (χ1n) is 6.66. The van der Waals surface area contributed by atoms with Crippen LogP contribution in [-0.4, -0.2) is 4.98 Å². The summed E-state index contributed by atoms with van der Waals surface area (Å²) in [4.78, 5) is 3.60. The highest BCUT2D eigenvalue weighted by molar-refractivity contribution is 6.16. The third-order valence-electron chi connectivity index (χ3n) is 3.33. The lowest BCUT2D eigenvalue weighted by atomic mass is 9.91. The van der Waals surface area contributed by atoms with Crippen LogP contribution >= 0.6 is 11.6 Å². The second-order valence-electron chi connectivity index (χ2n) is 5.11. The molecule has 1 nitrogen and oxygen atoms in total. The van der Waals surface area contributed by atoms with Crippen molar-refractivity contribution in [2.45, 2.75) is 24.4 Å². The van der Waals surface area contributed by atoms with Gasteiger partial charge < -0.3 is 0 Å². The van der Waals surface area contributed by atoms with Gasteiger partial charge in [-0.25, -0.2) is 0 Å². The van der Waals surface area contributed by atoms with Crippen molar-refractivity contribution in [1.82, 2.24) is 4.98 Å². The molecule has 0 saturated carbocycles. The van der Waals surface area contributed by atoms with Gasteiger partial charge in [-0.15, -0.1) is 11.6 Å². The van der Waals surface area contributed by atoms with Gasteiger partial charge in [-0.1, -0.05) is 6.07 Å². The smallest absolute Gasteiger partial charge is 0.259 e. The Labute approximate surface area is 145 Å². The normalized spacial score (nSPS) is 13.2. The molecule has 0 aliphatic carbocycles. The number of benzene rings is 1. The maximum absolute atomic E-state index is 13.2. The summed E-state index contributed by atoms with van der Waals surface area (Å²) >= 11 is 5.46. The van der Waals surface area contributed by atoms with Crippen molar-refractivity contribution in [3.05, 3.63) is 52.8 Å². The van der Waals surface area contributed by atoms with E-state index in [0.29, 0.717) is 6.20 Å². The monoisotopic (exact) mass is 407 g/mol. The lowest BCUT2D eigenvalue weighted by Crippen LogP contribution is -2.18. The Balaban J connectivity index is 2.90. The molecule has 0 saturated heterocycles. The van der Waals surface area contributed by atoms with Crippen LogP contribution in [0.4, 0.5) is 39.5 Å². The summed E-state index contributed by atoms with van der Waals surface area (Å²) in [5.74, 6) is -0.147. The fraction of sp³-hybridized carbons (Fsp3) is 0.267. The minimum Gasteiger partial charge on any atom is -0.259 e. The predicted octanol–water partition coefficient (Wildman–Crippen LogP) is 6.54. The Morgan fingerprint density at radius 1 is 0.769 bits per heavy atom. The first-order chi connectivity index (χ1) is 11.7. The zero-order chi connectivity index (χ0) is 19.9. The third-order valence-corrected chi connectivity index (χ3v) is 3.60. The molecule has 0 bridgehead atoms. The van der Waals surface area contributed by atoms with E-state index in [1.54, 1.807) is 0 Å². The maximum Gasteiger partial charge on any atom is 0.417 e. The molecule has 1 heterocycles. The van der Waals surface area contributed by atoms with E-state index in [-0.39, 0.29) is 23.7 Å². The fourth-order valence-electron chi connectivity index (χ4n) is 2.22. The third kappa shape index (κ3) is 4.22. The van der Waals surface area contributed by atoms with E-state index in [4.69, 9.17) is 11.6 Å². The van der Waals surface area contributed by atoms with Crippen LogP contribution in [0.2, 0.25) is 0 Å². The molecule has 142 valence electrons. The van der Waals surface area contributed by atoms with Crippen molar-refractivity contribution >= 4 is 11.6 Å². The summed E-state index contributed by atoms with van der Waals surface area (Å²) in [6.07, 6.45) is -15.6. The topological polar surface area (TPSA) is 12.9 Å². The largest absolute Gasteiger partial charge is 0.417 e. The molecule has 0 N–H and O–H groups in total. The van der Waals surface area contributed by atoms with Gasteiger partial charge in [0, 0.05) is 17.3 Å². The summed E-state index contributed by atoms with van der Waals surface area (Å²) in [7, 11) is 0. The molecule has 0 radical (unpaired) electrons. The minimum absolute atomic E-state index is 0.147. The Kier molecular flexibility index (Phi) is 5.19. The van der Waals surface area contributed by atoms with Crippen molar-refractivity contribution < 1.29 is 39.5 Å². The van der Waals surface area contributed by atoms with Crippen molar-refractivity contribution in [3.63, 3.8) is 0 Å². The van der Waals surface area contributed by atoms with E-state index < -0.39 is 46.3 Å². The van der Waals surface area contributed by atoms with Crippen LogP contribution in [0.25, 0.3) is 11.1 Å². The van der Waals surface area contributed by atoms with Crippen molar-refractivity contribution in [3.8, 4) is 11.1 Å². The first-order valence-corrected chi connectivity index (χ1v) is 7.19. The standard InChI is InChI=1S/C15H7ClF9N/c16-5-9-2-1-7(6-26-9)12-10(14(20,21)22)3-8(13(17,18)19)4-11(12)15(23,24)25/h1-4,6H,5H2. The number of aromatic nitrogens is 1. The van der Waals surface area contributed by atoms with E-state index >= 15 is 0 Å². The molecular weight excluding hydrogens is 401 g/mol. The summed E-state index contributed by atoms with van der Waals surface area (Å²) < 4.78 is 118. The summed E-state index contributed by atoms with van der Waals surface area (Å²) in [6.45, 7) is 0. The average molecular weight is 408 g/mol. The Morgan fingerprint density at radius 3 is 1.58 bits per heavy atom. The number of halogens is 10. The van der Waals surface area contributed by atoms with Crippen LogP contribution in [0, 0.1) is 0 Å². The maximum atomic E-state index is 13.2. The molecule has 2 rings (SSSR count). The highest BCUT2D eigenvalue weighted by Crippen LogP contribution is 2.47. The number of rotatable bonds is 2. The molecule has 0 unspecified atom stereocenters. The highest BCUT2D eigenvalue weighted by Gasteiger charge is 2.45. The minimum atomic E-state index is -5.46. The van der Waals surface area contributed by atoms with Gasteiger partial charge in [-0.2, -0.15) is 39.5 Å². The second-order valence-corrected chi connectivity index (χ2v) is 5.38. The molecule has 26 heavy (non-hydrogen) atoms. The molecule has 1 aromatic heterocycles. The van der Waals surface area contributed by atoms with Crippen LogP contribution in [0.3, 0.4) is 0 Å². The zero-order valence-corrected chi connectivity index (χ0v) is 13.1. The summed E-state index contributed by atoms with van der Waals surface area (Å²) in [6, 6.07) is 1.28. The molecule has 0 amide bonds. The first kappa shape index (κ1) is 20.3. The second kappa shape index (κ2) is 6.64. The number of nitrogens with zero attached hydrogens (tertiary/aromatic N) is 1. The van der Waals surface area contributed by atoms with E-state index in [9.17, 15) is 39.5 Å². The summed E-state index contributed by atoms with van der Waals surface area (Å²) in [5, 5.41) is 0. The Bertz CT molecular complexity index is 754. The quantitative estimate of drug-likeness (QED) is 0.406. The molecule has 0 aliphatic rings. The predicted molar refractivity (Wildman–Crippen MR) is 74.2 cm³/mol.